The van der Waals surface area contributed by atoms with Crippen LogP contribution in [-0.4, -0.2) is 32.8 Å². The average Bonchev–Trinajstić information content (AvgIpc) is 3.01. The summed E-state index contributed by atoms with van der Waals surface area (Å²) in [6.45, 7) is 4.34. The molecule has 3 rings (SSSR count). The first-order chi connectivity index (χ1) is 13.0. The molecule has 3 N–H and O–H groups in total. The van der Waals surface area contributed by atoms with E-state index in [-0.39, 0.29) is 5.56 Å². The predicted molar refractivity (Wildman–Crippen MR) is 104 cm³/mol. The van der Waals surface area contributed by atoms with Crippen LogP contribution in [-0.2, 0) is 0 Å². The summed E-state index contributed by atoms with van der Waals surface area (Å²) >= 11 is 1.42. The zero-order chi connectivity index (χ0) is 19.4. The van der Waals surface area contributed by atoms with Crippen LogP contribution in [0.2, 0.25) is 0 Å². The Kier molecular flexibility index (Phi) is 5.46. The number of para-hydroxylation sites is 2. The molecule has 0 bridgehead atoms. The van der Waals surface area contributed by atoms with Crippen molar-refractivity contribution in [3.63, 3.8) is 0 Å². The van der Waals surface area contributed by atoms with Gasteiger partial charge in [0.25, 0.3) is 0 Å². The highest BCUT2D eigenvalue weighted by Crippen LogP contribution is 2.36. The molecular formula is C19H19N3O4S. The number of phenolic OH excluding ortho intramolecular Hbond substituents is 3. The summed E-state index contributed by atoms with van der Waals surface area (Å²) in [5.74, 6) is -0.733. The second-order valence-electron chi connectivity index (χ2n) is 5.60. The van der Waals surface area contributed by atoms with Crippen LogP contribution in [0.3, 0.4) is 0 Å². The van der Waals surface area contributed by atoms with Crippen LogP contribution in [0.5, 0.6) is 23.0 Å². The van der Waals surface area contributed by atoms with Crippen LogP contribution in [0.4, 0.5) is 5.69 Å². The van der Waals surface area contributed by atoms with Gasteiger partial charge in [0, 0.05) is 10.9 Å². The molecule has 1 heterocycles. The van der Waals surface area contributed by atoms with Gasteiger partial charge in [0.1, 0.15) is 11.4 Å². The van der Waals surface area contributed by atoms with E-state index in [0.717, 1.165) is 5.69 Å². The molecule has 0 saturated heterocycles. The summed E-state index contributed by atoms with van der Waals surface area (Å²) in [6, 6.07) is 10.2. The van der Waals surface area contributed by atoms with Gasteiger partial charge in [-0.3, -0.25) is 0 Å². The van der Waals surface area contributed by atoms with Crippen LogP contribution < -0.4 is 9.54 Å². The monoisotopic (exact) mass is 385 g/mol. The Balaban J connectivity index is 2.03. The second-order valence-corrected chi connectivity index (χ2v) is 6.44. The lowest BCUT2D eigenvalue weighted by molar-refractivity contribution is 0.341. The van der Waals surface area contributed by atoms with E-state index in [4.69, 9.17) is 4.74 Å². The summed E-state index contributed by atoms with van der Waals surface area (Å²) < 4.78 is 7.23. The number of ether oxygens (including phenoxy) is 1. The van der Waals surface area contributed by atoms with E-state index in [1.165, 1.54) is 29.7 Å². The number of aryl methyl sites for hydroxylation is 1. The van der Waals surface area contributed by atoms with Crippen molar-refractivity contribution in [1.82, 2.24) is 4.68 Å². The van der Waals surface area contributed by atoms with E-state index in [1.807, 2.05) is 43.5 Å². The molecule has 7 nitrogen and oxygen atoms in total. The SMILES string of the molecule is CCOc1ccccc1N=c1scc(C)n1N=Cc1ccc(O)c(O)c1O. The summed E-state index contributed by atoms with van der Waals surface area (Å²) in [5.41, 5.74) is 1.81. The summed E-state index contributed by atoms with van der Waals surface area (Å²) in [5, 5.41) is 35.2. The highest BCUT2D eigenvalue weighted by Gasteiger charge is 2.10. The number of thiazole rings is 1. The molecule has 0 radical (unpaired) electrons. The minimum absolute atomic E-state index is 0.268. The number of nitrogens with zero attached hydrogens (tertiary/aromatic N) is 3. The van der Waals surface area contributed by atoms with E-state index >= 15 is 0 Å². The lowest BCUT2D eigenvalue weighted by Gasteiger charge is -2.06. The Bertz CT molecular complexity index is 1050. The summed E-state index contributed by atoms with van der Waals surface area (Å²) in [6.07, 6.45) is 1.39. The fourth-order valence-electron chi connectivity index (χ4n) is 2.34. The smallest absolute Gasteiger partial charge is 0.211 e. The Morgan fingerprint density at radius 3 is 2.67 bits per heavy atom. The molecule has 140 valence electrons. The van der Waals surface area contributed by atoms with Crippen molar-refractivity contribution >= 4 is 23.2 Å². The number of rotatable bonds is 5. The fraction of sp³-hybridized carbons (Fsp3) is 0.158. The Morgan fingerprint density at radius 2 is 1.89 bits per heavy atom. The Morgan fingerprint density at radius 1 is 1.11 bits per heavy atom. The molecule has 2 aromatic carbocycles. The van der Waals surface area contributed by atoms with Gasteiger partial charge in [-0.25, -0.2) is 9.67 Å². The van der Waals surface area contributed by atoms with E-state index in [0.29, 0.717) is 22.8 Å². The standard InChI is InChI=1S/C19H19N3O4S/c1-3-26-16-7-5-4-6-14(16)21-19-22(12(2)11-27-19)20-10-13-8-9-15(23)18(25)17(13)24/h4-11,23-25H,3H2,1-2H3. The van der Waals surface area contributed by atoms with Crippen LogP contribution in [0.15, 0.2) is 51.9 Å². The van der Waals surface area contributed by atoms with Crippen molar-refractivity contribution in [2.45, 2.75) is 13.8 Å². The van der Waals surface area contributed by atoms with E-state index in [9.17, 15) is 15.3 Å². The zero-order valence-electron chi connectivity index (χ0n) is 14.8. The Hall–Kier alpha value is -3.26. The van der Waals surface area contributed by atoms with E-state index in [2.05, 4.69) is 10.1 Å². The van der Waals surface area contributed by atoms with Gasteiger partial charge in [-0.05, 0) is 38.1 Å². The van der Waals surface area contributed by atoms with Gasteiger partial charge >= 0.3 is 0 Å². The first-order valence-electron chi connectivity index (χ1n) is 8.23. The zero-order valence-corrected chi connectivity index (χ0v) is 15.6. The first-order valence-corrected chi connectivity index (χ1v) is 9.11. The average molecular weight is 385 g/mol. The second kappa shape index (κ2) is 7.96. The van der Waals surface area contributed by atoms with Gasteiger partial charge in [0.15, 0.2) is 11.5 Å². The minimum atomic E-state index is -0.582. The molecule has 8 heteroatoms. The third-order valence-electron chi connectivity index (χ3n) is 3.70. The molecule has 1 aromatic heterocycles. The third-order valence-corrected chi connectivity index (χ3v) is 4.64. The molecule has 27 heavy (non-hydrogen) atoms. The van der Waals surface area contributed by atoms with Gasteiger partial charge in [0.2, 0.25) is 10.6 Å². The predicted octanol–water partition coefficient (Wildman–Crippen LogP) is 3.49. The van der Waals surface area contributed by atoms with Crippen molar-refractivity contribution in [2.24, 2.45) is 10.1 Å². The number of phenols is 3. The molecule has 3 aromatic rings. The van der Waals surface area contributed by atoms with Crippen molar-refractivity contribution < 1.29 is 20.1 Å². The molecule has 0 fully saturated rings. The van der Waals surface area contributed by atoms with Crippen LogP contribution in [0.25, 0.3) is 0 Å². The molecular weight excluding hydrogens is 366 g/mol. The first kappa shape index (κ1) is 18.5. The van der Waals surface area contributed by atoms with Crippen LogP contribution in [0.1, 0.15) is 18.2 Å². The fourth-order valence-corrected chi connectivity index (χ4v) is 3.16. The lowest BCUT2D eigenvalue weighted by Crippen LogP contribution is -2.11. The summed E-state index contributed by atoms with van der Waals surface area (Å²) in [4.78, 5) is 5.26. The number of hydrogen-bond donors (Lipinski definition) is 3. The highest BCUT2D eigenvalue weighted by atomic mass is 32.1. The maximum atomic E-state index is 9.93. The quantitative estimate of drug-likeness (QED) is 0.462. The number of hydrogen-bond acceptors (Lipinski definition) is 7. The third kappa shape index (κ3) is 3.95. The molecule has 0 aliphatic carbocycles. The maximum Gasteiger partial charge on any atom is 0.211 e. The van der Waals surface area contributed by atoms with Gasteiger partial charge in [-0.15, -0.1) is 11.3 Å². The van der Waals surface area contributed by atoms with E-state index < -0.39 is 17.2 Å². The molecule has 0 atom stereocenters. The van der Waals surface area contributed by atoms with Gasteiger partial charge < -0.3 is 20.1 Å². The molecule has 0 saturated carbocycles. The molecule has 0 aliphatic rings. The van der Waals surface area contributed by atoms with Crippen molar-refractivity contribution in [1.29, 1.82) is 0 Å². The molecule has 0 spiro atoms. The van der Waals surface area contributed by atoms with Crippen molar-refractivity contribution in [3.05, 3.63) is 57.8 Å². The maximum absolute atomic E-state index is 9.93. The van der Waals surface area contributed by atoms with Crippen LogP contribution in [0, 0.1) is 6.92 Å². The minimum Gasteiger partial charge on any atom is -0.504 e. The molecule has 0 unspecified atom stereocenters. The largest absolute Gasteiger partial charge is 0.504 e. The van der Waals surface area contributed by atoms with E-state index in [1.54, 1.807) is 4.68 Å². The number of benzene rings is 2. The van der Waals surface area contributed by atoms with Gasteiger partial charge in [-0.2, -0.15) is 5.10 Å². The van der Waals surface area contributed by atoms with Crippen LogP contribution >= 0.6 is 11.3 Å². The lowest BCUT2D eigenvalue weighted by atomic mass is 10.2. The van der Waals surface area contributed by atoms with Crippen molar-refractivity contribution in [2.75, 3.05) is 6.61 Å². The highest BCUT2D eigenvalue weighted by molar-refractivity contribution is 7.07. The number of aromatic nitrogens is 1. The normalized spacial score (nSPS) is 12.0. The number of aromatic hydroxyl groups is 3. The topological polar surface area (TPSA) is 99.6 Å². The molecule has 0 aliphatic heterocycles. The summed E-state index contributed by atoms with van der Waals surface area (Å²) in [7, 11) is 0. The Labute approximate surface area is 159 Å². The van der Waals surface area contributed by atoms with Gasteiger partial charge in [-0.1, -0.05) is 12.1 Å². The van der Waals surface area contributed by atoms with Gasteiger partial charge in [0.05, 0.1) is 18.5 Å². The molecule has 0 amide bonds. The van der Waals surface area contributed by atoms with Crippen molar-refractivity contribution in [3.8, 4) is 23.0 Å².